The molecule has 1 aliphatic rings. The summed E-state index contributed by atoms with van der Waals surface area (Å²) in [5.74, 6) is -0.606. The lowest BCUT2D eigenvalue weighted by Gasteiger charge is -2.21. The average molecular weight is 510 g/mol. The molecular formula is C19H29F2IN4O2. The second kappa shape index (κ2) is 12.7. The maximum absolute atomic E-state index is 14.0. The van der Waals surface area contributed by atoms with Gasteiger partial charge in [0.1, 0.15) is 11.6 Å². The number of carbonyl (C=O) groups is 1. The highest BCUT2D eigenvalue weighted by Crippen LogP contribution is 2.24. The number of ether oxygens (including phenoxy) is 1. The number of guanidine groups is 1. The summed E-state index contributed by atoms with van der Waals surface area (Å²) in [4.78, 5) is 17.5. The SMILES string of the molecule is CCNC(=NCCCCC(=O)OC)NC1CCN(c2ccc(F)cc2F)C1.I. The second-order valence-electron chi connectivity index (χ2n) is 6.47. The van der Waals surface area contributed by atoms with Gasteiger partial charge in [0, 0.05) is 44.7 Å². The first-order valence-electron chi connectivity index (χ1n) is 9.35. The third-order valence-electron chi connectivity index (χ3n) is 4.41. The topological polar surface area (TPSA) is 66.0 Å². The number of hydrogen-bond acceptors (Lipinski definition) is 4. The Bertz CT molecular complexity index is 661. The summed E-state index contributed by atoms with van der Waals surface area (Å²) in [5.41, 5.74) is 0.422. The number of carbonyl (C=O) groups excluding carboxylic acids is 1. The minimum absolute atomic E-state index is 0. The van der Waals surface area contributed by atoms with E-state index in [9.17, 15) is 13.6 Å². The molecular weight excluding hydrogens is 481 g/mol. The minimum Gasteiger partial charge on any atom is -0.469 e. The highest BCUT2D eigenvalue weighted by atomic mass is 127. The van der Waals surface area contributed by atoms with Gasteiger partial charge in [-0.3, -0.25) is 9.79 Å². The molecule has 0 amide bonds. The first-order chi connectivity index (χ1) is 13.0. The van der Waals surface area contributed by atoms with Crippen LogP contribution in [0.2, 0.25) is 0 Å². The van der Waals surface area contributed by atoms with Gasteiger partial charge >= 0.3 is 5.97 Å². The lowest BCUT2D eigenvalue weighted by Crippen LogP contribution is -2.44. The Morgan fingerprint density at radius 3 is 2.82 bits per heavy atom. The molecule has 6 nitrogen and oxygen atoms in total. The Morgan fingerprint density at radius 1 is 1.36 bits per heavy atom. The lowest BCUT2D eigenvalue weighted by atomic mass is 10.2. The molecule has 1 heterocycles. The first-order valence-corrected chi connectivity index (χ1v) is 9.35. The quantitative estimate of drug-likeness (QED) is 0.185. The van der Waals surface area contributed by atoms with Crippen molar-refractivity contribution in [3.8, 4) is 0 Å². The number of halogens is 3. The summed E-state index contributed by atoms with van der Waals surface area (Å²) < 4.78 is 31.7. The largest absolute Gasteiger partial charge is 0.469 e. The van der Waals surface area contributed by atoms with Crippen LogP contribution in [0.1, 0.15) is 32.6 Å². The Balaban J connectivity index is 0.00000392. The predicted octanol–water partition coefficient (Wildman–Crippen LogP) is 3.06. The number of nitrogens with one attached hydrogen (secondary N) is 2. The van der Waals surface area contributed by atoms with E-state index < -0.39 is 11.6 Å². The van der Waals surface area contributed by atoms with Crippen LogP contribution in [-0.2, 0) is 9.53 Å². The number of benzene rings is 1. The molecule has 2 rings (SSSR count). The predicted molar refractivity (Wildman–Crippen MR) is 117 cm³/mol. The summed E-state index contributed by atoms with van der Waals surface area (Å²) in [6.07, 6.45) is 2.76. The molecule has 2 N–H and O–H groups in total. The molecule has 9 heteroatoms. The number of nitrogens with zero attached hydrogens (tertiary/aromatic N) is 2. The third kappa shape index (κ3) is 7.76. The number of rotatable bonds is 8. The lowest BCUT2D eigenvalue weighted by molar-refractivity contribution is -0.140. The number of esters is 1. The molecule has 0 saturated carbocycles. The minimum atomic E-state index is -0.570. The number of anilines is 1. The maximum atomic E-state index is 14.0. The number of hydrogen-bond donors (Lipinski definition) is 2. The van der Waals surface area contributed by atoms with Gasteiger partial charge < -0.3 is 20.3 Å². The van der Waals surface area contributed by atoms with E-state index in [1.54, 1.807) is 0 Å². The normalized spacial score (nSPS) is 16.5. The van der Waals surface area contributed by atoms with Crippen LogP contribution >= 0.6 is 24.0 Å². The summed E-state index contributed by atoms with van der Waals surface area (Å²) in [6.45, 7) is 4.64. The van der Waals surface area contributed by atoms with Crippen LogP contribution in [0.15, 0.2) is 23.2 Å². The zero-order chi connectivity index (χ0) is 19.6. The molecule has 28 heavy (non-hydrogen) atoms. The molecule has 0 aliphatic carbocycles. The van der Waals surface area contributed by atoms with Crippen LogP contribution in [0.4, 0.5) is 14.5 Å². The van der Waals surface area contributed by atoms with E-state index in [0.717, 1.165) is 31.9 Å². The van der Waals surface area contributed by atoms with Crippen LogP contribution in [0.3, 0.4) is 0 Å². The average Bonchev–Trinajstić information content (AvgIpc) is 3.09. The second-order valence-corrected chi connectivity index (χ2v) is 6.47. The third-order valence-corrected chi connectivity index (χ3v) is 4.41. The van der Waals surface area contributed by atoms with E-state index in [-0.39, 0.29) is 36.0 Å². The van der Waals surface area contributed by atoms with Gasteiger partial charge in [0.2, 0.25) is 0 Å². The van der Waals surface area contributed by atoms with Gasteiger partial charge in [0.05, 0.1) is 12.8 Å². The Labute approximate surface area is 182 Å². The number of methoxy groups -OCH3 is 1. The van der Waals surface area contributed by atoms with Crippen LogP contribution in [0, 0.1) is 11.6 Å². The first kappa shape index (κ1) is 24.4. The molecule has 1 saturated heterocycles. The fraction of sp³-hybridized carbons (Fsp3) is 0.579. The van der Waals surface area contributed by atoms with Crippen molar-refractivity contribution in [3.63, 3.8) is 0 Å². The molecule has 1 aliphatic heterocycles. The van der Waals surface area contributed by atoms with Crippen molar-refractivity contribution in [2.24, 2.45) is 4.99 Å². The highest BCUT2D eigenvalue weighted by Gasteiger charge is 2.25. The smallest absolute Gasteiger partial charge is 0.305 e. The Kier molecular flexibility index (Phi) is 11.1. The van der Waals surface area contributed by atoms with Gasteiger partial charge in [0.15, 0.2) is 5.96 Å². The van der Waals surface area contributed by atoms with Crippen molar-refractivity contribution in [3.05, 3.63) is 29.8 Å². The van der Waals surface area contributed by atoms with E-state index in [4.69, 9.17) is 0 Å². The molecule has 1 unspecified atom stereocenters. The number of unbranched alkanes of at least 4 members (excludes halogenated alkanes) is 1. The fourth-order valence-electron chi connectivity index (χ4n) is 3.02. The molecule has 0 radical (unpaired) electrons. The fourth-order valence-corrected chi connectivity index (χ4v) is 3.02. The Morgan fingerprint density at radius 2 is 2.14 bits per heavy atom. The van der Waals surface area contributed by atoms with Crippen molar-refractivity contribution in [2.45, 2.75) is 38.6 Å². The van der Waals surface area contributed by atoms with E-state index in [1.807, 2.05) is 11.8 Å². The van der Waals surface area contributed by atoms with Crippen LogP contribution in [0.25, 0.3) is 0 Å². The van der Waals surface area contributed by atoms with Gasteiger partial charge in [0.25, 0.3) is 0 Å². The van der Waals surface area contributed by atoms with E-state index in [2.05, 4.69) is 20.4 Å². The molecule has 158 valence electrons. The molecule has 1 fully saturated rings. The summed E-state index contributed by atoms with van der Waals surface area (Å²) >= 11 is 0. The van der Waals surface area contributed by atoms with Crippen molar-refractivity contribution in [1.82, 2.24) is 10.6 Å². The zero-order valence-corrected chi connectivity index (χ0v) is 18.7. The van der Waals surface area contributed by atoms with Crippen molar-refractivity contribution in [1.29, 1.82) is 0 Å². The van der Waals surface area contributed by atoms with E-state index >= 15 is 0 Å². The summed E-state index contributed by atoms with van der Waals surface area (Å²) in [5, 5.41) is 6.57. The standard InChI is InChI=1S/C19H28F2N4O2.HI/c1-3-22-19(23-10-5-4-6-18(26)27-2)24-15-9-11-25(13-15)17-8-7-14(20)12-16(17)21;/h7-8,12,15H,3-6,9-11,13H2,1-2H3,(H2,22,23,24);1H. The molecule has 0 spiro atoms. The molecule has 0 bridgehead atoms. The van der Waals surface area contributed by atoms with E-state index in [1.165, 1.54) is 19.2 Å². The van der Waals surface area contributed by atoms with Crippen molar-refractivity contribution in [2.75, 3.05) is 38.2 Å². The van der Waals surface area contributed by atoms with Crippen LogP contribution in [-0.4, -0.2) is 51.3 Å². The molecule has 1 aromatic carbocycles. The van der Waals surface area contributed by atoms with Gasteiger partial charge in [-0.25, -0.2) is 8.78 Å². The number of aliphatic imine (C=N–C) groups is 1. The van der Waals surface area contributed by atoms with E-state index in [0.29, 0.717) is 37.7 Å². The zero-order valence-electron chi connectivity index (χ0n) is 16.3. The summed E-state index contributed by atoms with van der Waals surface area (Å²) in [6, 6.07) is 3.80. The van der Waals surface area contributed by atoms with Crippen molar-refractivity contribution < 1.29 is 18.3 Å². The van der Waals surface area contributed by atoms with Gasteiger partial charge in [-0.05, 0) is 38.3 Å². The monoisotopic (exact) mass is 510 g/mol. The van der Waals surface area contributed by atoms with Gasteiger partial charge in [-0.2, -0.15) is 0 Å². The Hall–Kier alpha value is -1.65. The molecule has 1 atom stereocenters. The van der Waals surface area contributed by atoms with Gasteiger partial charge in [-0.15, -0.1) is 24.0 Å². The van der Waals surface area contributed by atoms with Crippen LogP contribution < -0.4 is 15.5 Å². The summed E-state index contributed by atoms with van der Waals surface area (Å²) in [7, 11) is 1.39. The molecule has 0 aromatic heterocycles. The van der Waals surface area contributed by atoms with Crippen molar-refractivity contribution >= 4 is 41.6 Å². The van der Waals surface area contributed by atoms with Crippen LogP contribution in [0.5, 0.6) is 0 Å². The molecule has 1 aromatic rings. The maximum Gasteiger partial charge on any atom is 0.305 e. The highest BCUT2D eigenvalue weighted by molar-refractivity contribution is 14.0. The van der Waals surface area contributed by atoms with Gasteiger partial charge in [-0.1, -0.05) is 0 Å².